The lowest BCUT2D eigenvalue weighted by molar-refractivity contribution is -0.264. The maximum Gasteiger partial charge on any atom is 0.420 e. The Hall–Kier alpha value is -0.390. The molecule has 0 amide bonds. The number of halogens is 5. The van der Waals surface area contributed by atoms with Gasteiger partial charge in [0, 0.05) is 6.92 Å². The molecule has 0 aromatic heterocycles. The third-order valence-electron chi connectivity index (χ3n) is 0.790. The quantitative estimate of drug-likeness (QED) is 0.583. The van der Waals surface area contributed by atoms with Crippen molar-refractivity contribution in [3.8, 4) is 0 Å². The monoisotopic (exact) mass is 164 g/mol. The minimum atomic E-state index is -5.25. The molecule has 0 bridgehead atoms. The Bertz CT molecular complexity index is 97.8. The SMILES string of the molecule is CC(F)(F)C(O)C(F)(F)F. The predicted molar refractivity (Wildman–Crippen MR) is 22.7 cm³/mol. The van der Waals surface area contributed by atoms with E-state index in [4.69, 9.17) is 5.11 Å². The summed E-state index contributed by atoms with van der Waals surface area (Å²) in [6.07, 6.45) is -8.82. The van der Waals surface area contributed by atoms with Gasteiger partial charge in [0.25, 0.3) is 5.92 Å². The Balaban J connectivity index is 4.23. The third-order valence-corrected chi connectivity index (χ3v) is 0.790. The first kappa shape index (κ1) is 9.61. The summed E-state index contributed by atoms with van der Waals surface area (Å²) in [6.45, 7) is 0.00512. The van der Waals surface area contributed by atoms with Gasteiger partial charge in [-0.1, -0.05) is 0 Å². The number of aliphatic hydroxyl groups is 1. The lowest BCUT2D eigenvalue weighted by Crippen LogP contribution is -2.42. The summed E-state index contributed by atoms with van der Waals surface area (Å²) in [6, 6.07) is 0. The topological polar surface area (TPSA) is 20.2 Å². The highest BCUT2D eigenvalue weighted by Crippen LogP contribution is 2.31. The van der Waals surface area contributed by atoms with Crippen LogP contribution in [-0.2, 0) is 0 Å². The molecule has 0 aliphatic carbocycles. The van der Waals surface area contributed by atoms with Crippen LogP contribution >= 0.6 is 0 Å². The normalized spacial score (nSPS) is 17.1. The zero-order chi connectivity index (χ0) is 8.58. The molecule has 62 valence electrons. The second-order valence-electron chi connectivity index (χ2n) is 1.90. The van der Waals surface area contributed by atoms with Gasteiger partial charge in [0.15, 0.2) is 0 Å². The van der Waals surface area contributed by atoms with Crippen molar-refractivity contribution in [2.45, 2.75) is 25.1 Å². The van der Waals surface area contributed by atoms with Crippen molar-refractivity contribution in [3.63, 3.8) is 0 Å². The van der Waals surface area contributed by atoms with Gasteiger partial charge >= 0.3 is 6.18 Å². The molecule has 0 aliphatic rings. The van der Waals surface area contributed by atoms with Crippen LogP contribution in [0.5, 0.6) is 0 Å². The van der Waals surface area contributed by atoms with Crippen LogP contribution in [0, 0.1) is 0 Å². The Kier molecular flexibility index (Phi) is 2.24. The molecule has 1 unspecified atom stereocenters. The van der Waals surface area contributed by atoms with E-state index in [0.717, 1.165) is 0 Å². The summed E-state index contributed by atoms with van der Waals surface area (Å²) in [4.78, 5) is 0. The molecule has 1 N–H and O–H groups in total. The molecule has 10 heavy (non-hydrogen) atoms. The van der Waals surface area contributed by atoms with Crippen LogP contribution in [0.25, 0.3) is 0 Å². The zero-order valence-electron chi connectivity index (χ0n) is 4.91. The first-order valence-electron chi connectivity index (χ1n) is 2.28. The molecule has 0 radical (unpaired) electrons. The average Bonchev–Trinajstić information content (AvgIpc) is 1.59. The molecule has 0 rings (SSSR count). The minimum absolute atomic E-state index is 0.00512. The number of aliphatic hydroxyl groups excluding tert-OH is 1. The second-order valence-corrected chi connectivity index (χ2v) is 1.90. The summed E-state index contributed by atoms with van der Waals surface area (Å²) < 4.78 is 56.9. The van der Waals surface area contributed by atoms with Crippen LogP contribution in [0.4, 0.5) is 22.0 Å². The van der Waals surface area contributed by atoms with Gasteiger partial charge in [-0.05, 0) is 0 Å². The highest BCUT2D eigenvalue weighted by atomic mass is 19.4. The maximum atomic E-state index is 11.6. The van der Waals surface area contributed by atoms with Gasteiger partial charge in [0.2, 0.25) is 6.10 Å². The van der Waals surface area contributed by atoms with Crippen LogP contribution in [-0.4, -0.2) is 23.3 Å². The molecular formula is C4H5F5O. The fourth-order valence-corrected chi connectivity index (χ4v) is 0.287. The molecular weight excluding hydrogens is 159 g/mol. The van der Waals surface area contributed by atoms with Crippen LogP contribution < -0.4 is 0 Å². The van der Waals surface area contributed by atoms with Crippen molar-refractivity contribution in [2.24, 2.45) is 0 Å². The van der Waals surface area contributed by atoms with Crippen LogP contribution in [0.15, 0.2) is 0 Å². The van der Waals surface area contributed by atoms with Crippen molar-refractivity contribution in [3.05, 3.63) is 0 Å². The Labute approximate surface area is 53.5 Å². The lowest BCUT2D eigenvalue weighted by atomic mass is 10.2. The molecule has 1 nitrogen and oxygen atoms in total. The van der Waals surface area contributed by atoms with Crippen molar-refractivity contribution in [1.82, 2.24) is 0 Å². The second kappa shape index (κ2) is 2.34. The maximum absolute atomic E-state index is 11.6. The van der Waals surface area contributed by atoms with E-state index in [9.17, 15) is 22.0 Å². The van der Waals surface area contributed by atoms with E-state index in [-0.39, 0.29) is 6.92 Å². The van der Waals surface area contributed by atoms with E-state index in [2.05, 4.69) is 0 Å². The fraction of sp³-hybridized carbons (Fsp3) is 1.00. The third kappa shape index (κ3) is 2.47. The van der Waals surface area contributed by atoms with Crippen LogP contribution in [0.2, 0.25) is 0 Å². The zero-order valence-corrected chi connectivity index (χ0v) is 4.91. The van der Waals surface area contributed by atoms with E-state index >= 15 is 0 Å². The Morgan fingerprint density at radius 3 is 1.40 bits per heavy atom. The highest BCUT2D eigenvalue weighted by Gasteiger charge is 2.51. The summed E-state index contributed by atoms with van der Waals surface area (Å²) in [5, 5.41) is 7.85. The number of hydrogen-bond donors (Lipinski definition) is 1. The largest absolute Gasteiger partial charge is 0.420 e. The molecule has 0 saturated carbocycles. The standard InChI is InChI=1S/C4H5F5O/c1-3(5,6)2(10)4(7,8)9/h2,10H,1H3. The number of hydrogen-bond acceptors (Lipinski definition) is 1. The van der Waals surface area contributed by atoms with Crippen LogP contribution in [0.3, 0.4) is 0 Å². The smallest absolute Gasteiger partial charge is 0.379 e. The predicted octanol–water partition coefficient (Wildman–Crippen LogP) is 1.56. The molecule has 0 aliphatic heterocycles. The van der Waals surface area contributed by atoms with E-state index in [1.165, 1.54) is 0 Å². The van der Waals surface area contributed by atoms with E-state index in [1.807, 2.05) is 0 Å². The van der Waals surface area contributed by atoms with Gasteiger partial charge in [-0.3, -0.25) is 0 Å². The molecule has 6 heteroatoms. The van der Waals surface area contributed by atoms with Crippen molar-refractivity contribution >= 4 is 0 Å². The fourth-order valence-electron chi connectivity index (χ4n) is 0.287. The van der Waals surface area contributed by atoms with Gasteiger partial charge < -0.3 is 5.11 Å². The summed E-state index contributed by atoms with van der Waals surface area (Å²) in [5.41, 5.74) is 0. The molecule has 1 atom stereocenters. The van der Waals surface area contributed by atoms with E-state index in [0.29, 0.717) is 0 Å². The Morgan fingerprint density at radius 1 is 1.10 bits per heavy atom. The first-order valence-corrected chi connectivity index (χ1v) is 2.28. The lowest BCUT2D eigenvalue weighted by Gasteiger charge is -2.20. The van der Waals surface area contributed by atoms with Gasteiger partial charge in [-0.15, -0.1) is 0 Å². The number of rotatable bonds is 1. The highest BCUT2D eigenvalue weighted by molar-refractivity contribution is 4.77. The van der Waals surface area contributed by atoms with Gasteiger partial charge in [0.1, 0.15) is 0 Å². The molecule has 0 saturated heterocycles. The first-order chi connectivity index (χ1) is 4.15. The molecule has 0 heterocycles. The molecule has 0 spiro atoms. The van der Waals surface area contributed by atoms with Crippen molar-refractivity contribution in [2.75, 3.05) is 0 Å². The number of alkyl halides is 5. The summed E-state index contributed by atoms with van der Waals surface area (Å²) in [7, 11) is 0. The van der Waals surface area contributed by atoms with Crippen molar-refractivity contribution < 1.29 is 27.1 Å². The van der Waals surface area contributed by atoms with Gasteiger partial charge in [-0.25, -0.2) is 8.78 Å². The molecule has 0 aromatic carbocycles. The van der Waals surface area contributed by atoms with Crippen LogP contribution in [0.1, 0.15) is 6.92 Å². The summed E-state index contributed by atoms with van der Waals surface area (Å²) in [5.74, 6) is -4.13. The molecule has 0 aromatic rings. The minimum Gasteiger partial charge on any atom is -0.379 e. The summed E-state index contributed by atoms with van der Waals surface area (Å²) >= 11 is 0. The molecule has 0 fully saturated rings. The Morgan fingerprint density at radius 2 is 1.40 bits per heavy atom. The average molecular weight is 164 g/mol. The van der Waals surface area contributed by atoms with E-state index in [1.54, 1.807) is 0 Å². The van der Waals surface area contributed by atoms with Gasteiger partial charge in [0.05, 0.1) is 0 Å². The van der Waals surface area contributed by atoms with Gasteiger partial charge in [-0.2, -0.15) is 13.2 Å². The van der Waals surface area contributed by atoms with E-state index < -0.39 is 18.2 Å². The van der Waals surface area contributed by atoms with Crippen molar-refractivity contribution in [1.29, 1.82) is 0 Å².